The number of hydrogen-bond donors (Lipinski definition) is 0. The Morgan fingerprint density at radius 3 is 1.25 bits per heavy atom. The van der Waals surface area contributed by atoms with Gasteiger partial charge in [0.05, 0.1) is 31.8 Å². The first kappa shape index (κ1) is 33.6. The van der Waals surface area contributed by atoms with Gasteiger partial charge in [0.15, 0.2) is 0 Å². The fourth-order valence-corrected chi connectivity index (χ4v) is 6.04. The molecule has 7 aromatic rings. The zero-order chi connectivity index (χ0) is 35.5. The van der Waals surface area contributed by atoms with Gasteiger partial charge in [-0.25, -0.2) is 5.01 Å². The van der Waals surface area contributed by atoms with Crippen molar-refractivity contribution in [1.82, 2.24) is 0 Å². The molecule has 0 saturated heterocycles. The molecule has 7 aromatic carbocycles. The minimum Gasteiger partial charge on any atom is -0.497 e. The lowest BCUT2D eigenvalue weighted by Gasteiger charge is -2.25. The number of ether oxygens (including phenoxy) is 2. The molecule has 254 valence electrons. The van der Waals surface area contributed by atoms with Gasteiger partial charge in [0.25, 0.3) is 0 Å². The number of para-hydroxylation sites is 1. The predicted molar refractivity (Wildman–Crippen MR) is 217 cm³/mol. The van der Waals surface area contributed by atoms with E-state index < -0.39 is 0 Å². The Morgan fingerprint density at radius 1 is 0.423 bits per heavy atom. The number of nitrogens with zero attached hydrogens (tertiary/aromatic N) is 3. The van der Waals surface area contributed by atoms with Crippen molar-refractivity contribution in [2.45, 2.75) is 0 Å². The van der Waals surface area contributed by atoms with Crippen molar-refractivity contribution in [3.8, 4) is 11.5 Å². The molecule has 0 amide bonds. The maximum absolute atomic E-state index is 5.38. The molecule has 0 fully saturated rings. The first-order chi connectivity index (χ1) is 25.7. The van der Waals surface area contributed by atoms with E-state index in [-0.39, 0.29) is 0 Å². The highest BCUT2D eigenvalue weighted by Crippen LogP contribution is 2.36. The molecule has 0 aliphatic carbocycles. The highest BCUT2D eigenvalue weighted by atomic mass is 16.5. The van der Waals surface area contributed by atoms with Gasteiger partial charge >= 0.3 is 0 Å². The summed E-state index contributed by atoms with van der Waals surface area (Å²) in [4.78, 5) is 2.27. The quantitative estimate of drug-likeness (QED) is 0.0733. The van der Waals surface area contributed by atoms with Crippen molar-refractivity contribution >= 4 is 46.3 Å². The third kappa shape index (κ3) is 7.96. The summed E-state index contributed by atoms with van der Waals surface area (Å²) in [5.41, 5.74) is 10.7. The smallest absolute Gasteiger partial charge is 0.119 e. The third-order valence-electron chi connectivity index (χ3n) is 8.75. The Bertz CT molecular complexity index is 2130. The second kappa shape index (κ2) is 16.2. The van der Waals surface area contributed by atoms with Crippen LogP contribution in [0.3, 0.4) is 0 Å². The van der Waals surface area contributed by atoms with E-state index in [4.69, 9.17) is 14.6 Å². The second-order valence-electron chi connectivity index (χ2n) is 12.1. The Morgan fingerprint density at radius 2 is 0.808 bits per heavy atom. The number of hydrogen-bond acceptors (Lipinski definition) is 5. The van der Waals surface area contributed by atoms with Gasteiger partial charge in [0.2, 0.25) is 0 Å². The summed E-state index contributed by atoms with van der Waals surface area (Å²) in [5, 5.41) is 6.82. The molecule has 0 bridgehead atoms. The summed E-state index contributed by atoms with van der Waals surface area (Å²) in [6, 6.07) is 64.4. The lowest BCUT2D eigenvalue weighted by molar-refractivity contribution is 0.415. The molecule has 0 aromatic heterocycles. The van der Waals surface area contributed by atoms with Crippen molar-refractivity contribution in [3.05, 3.63) is 210 Å². The zero-order valence-electron chi connectivity index (χ0n) is 29.2. The molecule has 0 aliphatic heterocycles. The summed E-state index contributed by atoms with van der Waals surface area (Å²) < 4.78 is 10.8. The Balaban J connectivity index is 1.18. The topological polar surface area (TPSA) is 37.3 Å². The molecule has 0 unspecified atom stereocenters. The Hall–Kier alpha value is -6.85. The van der Waals surface area contributed by atoms with Gasteiger partial charge in [0.1, 0.15) is 11.5 Å². The summed E-state index contributed by atoms with van der Waals surface area (Å²) in [5.74, 6) is 1.58. The van der Waals surface area contributed by atoms with Gasteiger partial charge in [-0.3, -0.25) is 0 Å². The van der Waals surface area contributed by atoms with E-state index >= 15 is 0 Å². The van der Waals surface area contributed by atoms with E-state index in [1.165, 1.54) is 16.7 Å². The van der Waals surface area contributed by atoms with Gasteiger partial charge in [-0.2, -0.15) is 5.10 Å². The third-order valence-corrected chi connectivity index (χ3v) is 8.75. The Kier molecular flexibility index (Phi) is 10.5. The number of hydrazone groups is 1. The van der Waals surface area contributed by atoms with E-state index in [0.717, 1.165) is 51.1 Å². The van der Waals surface area contributed by atoms with Gasteiger partial charge in [-0.15, -0.1) is 0 Å². The van der Waals surface area contributed by atoms with Crippen LogP contribution in [0.15, 0.2) is 193 Å². The zero-order valence-corrected chi connectivity index (χ0v) is 29.2. The summed E-state index contributed by atoms with van der Waals surface area (Å²) >= 11 is 0. The first-order valence-corrected chi connectivity index (χ1v) is 17.2. The van der Waals surface area contributed by atoms with Crippen LogP contribution >= 0.6 is 0 Å². The molecule has 0 atom stereocenters. The van der Waals surface area contributed by atoms with Crippen LogP contribution in [0.25, 0.3) is 11.6 Å². The number of rotatable bonds is 12. The SMILES string of the molecule is COc1ccc(N(N=Cc2ccc(N(c3ccccc3)c3ccc(C=C(c4ccccc4)c4ccccc4)cc3)cc2)c2ccc(OC)cc2)cc1. The van der Waals surface area contributed by atoms with E-state index in [9.17, 15) is 0 Å². The van der Waals surface area contributed by atoms with Gasteiger partial charge in [-0.05, 0) is 119 Å². The standard InChI is InChI=1S/C47H39N3O2/c1-51-45-30-26-43(27-31-45)50(44-28-32-46(52-2)33-29-44)48-35-37-20-24-42(25-21-37)49(40-16-10-5-11-17-40)41-22-18-36(19-23-41)34-47(38-12-6-3-7-13-38)39-14-8-4-9-15-39/h3-35H,1-2H3. The summed E-state index contributed by atoms with van der Waals surface area (Å²) in [7, 11) is 3.33. The average molecular weight is 678 g/mol. The average Bonchev–Trinajstić information content (AvgIpc) is 3.22. The van der Waals surface area contributed by atoms with Crippen LogP contribution in [0.2, 0.25) is 0 Å². The molecular weight excluding hydrogens is 639 g/mol. The lowest BCUT2D eigenvalue weighted by Crippen LogP contribution is -2.10. The van der Waals surface area contributed by atoms with Crippen molar-refractivity contribution in [3.63, 3.8) is 0 Å². The minimum absolute atomic E-state index is 0.788. The number of methoxy groups -OCH3 is 2. The summed E-state index contributed by atoms with van der Waals surface area (Å²) in [6.07, 6.45) is 4.14. The molecule has 0 spiro atoms. The molecular formula is C47H39N3O2. The van der Waals surface area contributed by atoms with Crippen molar-refractivity contribution in [1.29, 1.82) is 0 Å². The largest absolute Gasteiger partial charge is 0.497 e. The van der Waals surface area contributed by atoms with Crippen LogP contribution in [0.4, 0.5) is 28.4 Å². The predicted octanol–water partition coefficient (Wildman–Crippen LogP) is 11.9. The van der Waals surface area contributed by atoms with Crippen molar-refractivity contribution < 1.29 is 9.47 Å². The minimum atomic E-state index is 0.788. The molecule has 5 heteroatoms. The van der Waals surface area contributed by atoms with Gasteiger partial charge < -0.3 is 14.4 Å². The lowest BCUT2D eigenvalue weighted by atomic mass is 9.95. The Labute approximate surface area is 306 Å². The molecule has 5 nitrogen and oxygen atoms in total. The molecule has 52 heavy (non-hydrogen) atoms. The molecule has 0 heterocycles. The number of anilines is 5. The molecule has 0 aliphatic rings. The highest BCUT2D eigenvalue weighted by Gasteiger charge is 2.13. The molecule has 0 N–H and O–H groups in total. The van der Waals surface area contributed by atoms with Crippen LogP contribution in [0.5, 0.6) is 11.5 Å². The molecule has 7 rings (SSSR count). The fraction of sp³-hybridized carbons (Fsp3) is 0.0426. The first-order valence-electron chi connectivity index (χ1n) is 17.2. The van der Waals surface area contributed by atoms with Crippen LogP contribution in [-0.4, -0.2) is 20.4 Å². The van der Waals surface area contributed by atoms with Crippen LogP contribution in [0.1, 0.15) is 22.3 Å². The van der Waals surface area contributed by atoms with Gasteiger partial charge in [-0.1, -0.05) is 103 Å². The maximum Gasteiger partial charge on any atom is 0.119 e. The van der Waals surface area contributed by atoms with Gasteiger partial charge in [0, 0.05) is 17.1 Å². The van der Waals surface area contributed by atoms with E-state index in [1.54, 1.807) is 14.2 Å². The van der Waals surface area contributed by atoms with Crippen LogP contribution in [-0.2, 0) is 0 Å². The second-order valence-corrected chi connectivity index (χ2v) is 12.1. The van der Waals surface area contributed by atoms with E-state index in [2.05, 4.69) is 144 Å². The van der Waals surface area contributed by atoms with E-state index in [1.807, 2.05) is 65.8 Å². The van der Waals surface area contributed by atoms with Crippen molar-refractivity contribution in [2.24, 2.45) is 5.10 Å². The fourth-order valence-electron chi connectivity index (χ4n) is 6.04. The monoisotopic (exact) mass is 677 g/mol. The maximum atomic E-state index is 5.38. The van der Waals surface area contributed by atoms with E-state index in [0.29, 0.717) is 0 Å². The molecule has 0 saturated carbocycles. The normalized spacial score (nSPS) is 10.8. The number of benzene rings is 7. The molecule has 0 radical (unpaired) electrons. The van der Waals surface area contributed by atoms with Crippen molar-refractivity contribution in [2.75, 3.05) is 24.1 Å². The van der Waals surface area contributed by atoms with Crippen LogP contribution < -0.4 is 19.4 Å². The van der Waals surface area contributed by atoms with Crippen LogP contribution in [0, 0.1) is 0 Å². The summed E-state index contributed by atoms with van der Waals surface area (Å²) in [6.45, 7) is 0. The highest BCUT2D eigenvalue weighted by molar-refractivity contribution is 5.92.